The van der Waals surface area contributed by atoms with E-state index in [2.05, 4.69) is 46.6 Å². The third-order valence-corrected chi connectivity index (χ3v) is 11.8. The van der Waals surface area contributed by atoms with Crippen LogP contribution in [0.4, 0.5) is 0 Å². The van der Waals surface area contributed by atoms with Gasteiger partial charge in [-0.3, -0.25) is 14.4 Å². The molecule has 0 aliphatic carbocycles. The zero-order valence-electron chi connectivity index (χ0n) is 34.2. The molecule has 1 aliphatic rings. The van der Waals surface area contributed by atoms with Crippen molar-refractivity contribution in [1.82, 2.24) is 4.90 Å². The Hall–Kier alpha value is -1.28. The number of unbranched alkanes of at least 4 members (excludes halogenated alkanes) is 10. The van der Waals surface area contributed by atoms with Gasteiger partial charge in [-0.05, 0) is 96.4 Å². The quantitative estimate of drug-likeness (QED) is 0.0374. The van der Waals surface area contributed by atoms with Gasteiger partial charge in [-0.2, -0.15) is 11.8 Å². The van der Waals surface area contributed by atoms with Crippen LogP contribution in [0.15, 0.2) is 0 Å². The molecule has 2 unspecified atom stereocenters. The molecule has 0 bridgehead atoms. The molecule has 7 nitrogen and oxygen atoms in total. The molecule has 0 radical (unpaired) electrons. The van der Waals surface area contributed by atoms with E-state index in [-0.39, 0.29) is 47.4 Å². The first-order chi connectivity index (χ1) is 24.8. The van der Waals surface area contributed by atoms with E-state index in [0.717, 1.165) is 141 Å². The summed E-state index contributed by atoms with van der Waals surface area (Å²) in [4.78, 5) is 41.6. The van der Waals surface area contributed by atoms with Gasteiger partial charge in [-0.15, -0.1) is 0 Å². The van der Waals surface area contributed by atoms with Crippen LogP contribution in [0, 0.1) is 5.92 Å². The molecule has 0 aromatic heterocycles. The summed E-state index contributed by atoms with van der Waals surface area (Å²) in [6.07, 6.45) is 24.9. The van der Waals surface area contributed by atoms with Crippen LogP contribution in [0.1, 0.15) is 202 Å². The largest absolute Gasteiger partial charge is 0.462 e. The Morgan fingerprint density at radius 2 is 1.00 bits per heavy atom. The van der Waals surface area contributed by atoms with Crippen molar-refractivity contribution in [3.8, 4) is 0 Å². The summed E-state index contributed by atoms with van der Waals surface area (Å²) in [7, 11) is 2.15. The summed E-state index contributed by atoms with van der Waals surface area (Å²) >= 11 is 1.96. The molecule has 0 spiro atoms. The fourth-order valence-electron chi connectivity index (χ4n) is 6.99. The number of carbonyl (C=O) groups excluding carboxylic acids is 3. The Labute approximate surface area is 319 Å². The molecule has 0 aromatic carbocycles. The number of likely N-dealkylation sites (tertiary alicyclic amines) is 1. The maximum atomic E-state index is 13.8. The highest BCUT2D eigenvalue weighted by molar-refractivity contribution is 7.99. The van der Waals surface area contributed by atoms with Gasteiger partial charge in [0.1, 0.15) is 18.3 Å². The summed E-state index contributed by atoms with van der Waals surface area (Å²) in [5, 5.41) is 0.259. The SMILES string of the molecule is CCCCCCCSC1CN(C)CCC1C(=O)OC(CCCCC(=O)OC(CCCC)CCCC)CCCCC(=O)OC(CCCC)CCCC. The van der Waals surface area contributed by atoms with Gasteiger partial charge in [0.25, 0.3) is 0 Å². The van der Waals surface area contributed by atoms with E-state index >= 15 is 0 Å². The second kappa shape index (κ2) is 32.2. The molecule has 1 saturated heterocycles. The van der Waals surface area contributed by atoms with Crippen LogP contribution in [0.2, 0.25) is 0 Å². The third kappa shape index (κ3) is 24.6. The van der Waals surface area contributed by atoms with Crippen LogP contribution in [0.3, 0.4) is 0 Å². The molecule has 1 fully saturated rings. The molecule has 300 valence electrons. The molecule has 1 rings (SSSR count). The van der Waals surface area contributed by atoms with Gasteiger partial charge in [0.05, 0.1) is 5.92 Å². The number of rotatable bonds is 33. The minimum absolute atomic E-state index is 0.0306. The van der Waals surface area contributed by atoms with Crippen molar-refractivity contribution in [3.05, 3.63) is 0 Å². The smallest absolute Gasteiger partial charge is 0.310 e. The van der Waals surface area contributed by atoms with E-state index in [1.165, 1.54) is 32.1 Å². The van der Waals surface area contributed by atoms with E-state index in [4.69, 9.17) is 14.2 Å². The van der Waals surface area contributed by atoms with Crippen LogP contribution >= 0.6 is 11.8 Å². The van der Waals surface area contributed by atoms with Gasteiger partial charge in [0, 0.05) is 24.6 Å². The topological polar surface area (TPSA) is 82.1 Å². The van der Waals surface area contributed by atoms with Gasteiger partial charge >= 0.3 is 17.9 Å². The van der Waals surface area contributed by atoms with Crippen LogP contribution < -0.4 is 0 Å². The minimum Gasteiger partial charge on any atom is -0.462 e. The van der Waals surface area contributed by atoms with Crippen molar-refractivity contribution in [2.75, 3.05) is 25.9 Å². The van der Waals surface area contributed by atoms with E-state index in [1.807, 2.05) is 11.8 Å². The first-order valence-corrected chi connectivity index (χ1v) is 22.7. The Kier molecular flexibility index (Phi) is 30.1. The highest BCUT2D eigenvalue weighted by Crippen LogP contribution is 2.31. The molecular weight excluding hydrogens is 659 g/mol. The zero-order chi connectivity index (χ0) is 37.5. The molecule has 1 aliphatic heterocycles. The number of piperidine rings is 1. The maximum absolute atomic E-state index is 13.8. The van der Waals surface area contributed by atoms with Gasteiger partial charge in [0.2, 0.25) is 0 Å². The highest BCUT2D eigenvalue weighted by atomic mass is 32.2. The Bertz CT molecular complexity index is 813. The molecule has 1 heterocycles. The molecule has 0 amide bonds. The normalized spacial score (nSPS) is 16.6. The van der Waals surface area contributed by atoms with Gasteiger partial charge in [-0.1, -0.05) is 112 Å². The summed E-state index contributed by atoms with van der Waals surface area (Å²) in [6, 6.07) is 0. The van der Waals surface area contributed by atoms with Crippen LogP contribution in [0.5, 0.6) is 0 Å². The lowest BCUT2D eigenvalue weighted by molar-refractivity contribution is -0.157. The summed E-state index contributed by atoms with van der Waals surface area (Å²) < 4.78 is 18.1. The average molecular weight is 740 g/mol. The van der Waals surface area contributed by atoms with Crippen molar-refractivity contribution in [2.24, 2.45) is 5.92 Å². The minimum atomic E-state index is -0.201. The van der Waals surface area contributed by atoms with Gasteiger partial charge in [-0.25, -0.2) is 0 Å². The van der Waals surface area contributed by atoms with Crippen molar-refractivity contribution in [1.29, 1.82) is 0 Å². The summed E-state index contributed by atoms with van der Waals surface area (Å²) in [5.74, 6) is 0.755. The van der Waals surface area contributed by atoms with Crippen molar-refractivity contribution < 1.29 is 28.6 Å². The second-order valence-electron chi connectivity index (χ2n) is 15.3. The number of ether oxygens (including phenoxy) is 3. The highest BCUT2D eigenvalue weighted by Gasteiger charge is 2.35. The molecule has 51 heavy (non-hydrogen) atoms. The molecule has 8 heteroatoms. The van der Waals surface area contributed by atoms with Crippen molar-refractivity contribution in [2.45, 2.75) is 225 Å². The summed E-state index contributed by atoms with van der Waals surface area (Å²) in [6.45, 7) is 12.8. The fourth-order valence-corrected chi connectivity index (χ4v) is 8.50. The Morgan fingerprint density at radius 1 is 0.569 bits per heavy atom. The molecule has 0 saturated carbocycles. The summed E-state index contributed by atoms with van der Waals surface area (Å²) in [5.41, 5.74) is 0. The monoisotopic (exact) mass is 740 g/mol. The number of hydrogen-bond donors (Lipinski definition) is 0. The van der Waals surface area contributed by atoms with Crippen LogP contribution in [-0.4, -0.2) is 72.3 Å². The average Bonchev–Trinajstić information content (AvgIpc) is 3.12. The Morgan fingerprint density at radius 3 is 1.47 bits per heavy atom. The standard InChI is InChI=1S/C43H81NO6S/c1-7-12-17-18-23-34-51-40-35-44(6)33-32-39(40)43(47)50-38(28-19-21-30-41(45)48-36(24-13-8-2)25-14-9-3)29-20-22-31-42(46)49-37(26-15-10-4)27-16-11-5/h36-40H,7-35H2,1-6H3. The number of carbonyl (C=O) groups is 3. The predicted octanol–water partition coefficient (Wildman–Crippen LogP) is 11.6. The van der Waals surface area contributed by atoms with E-state index < -0.39 is 0 Å². The lowest BCUT2D eigenvalue weighted by Gasteiger charge is -2.36. The number of thioether (sulfide) groups is 1. The van der Waals surface area contributed by atoms with E-state index in [1.54, 1.807) is 0 Å². The van der Waals surface area contributed by atoms with Crippen LogP contribution in [0.25, 0.3) is 0 Å². The molecule has 2 atom stereocenters. The van der Waals surface area contributed by atoms with Crippen LogP contribution in [-0.2, 0) is 28.6 Å². The van der Waals surface area contributed by atoms with Crippen molar-refractivity contribution in [3.63, 3.8) is 0 Å². The number of esters is 3. The predicted molar refractivity (Wildman–Crippen MR) is 215 cm³/mol. The lowest BCUT2D eigenvalue weighted by Crippen LogP contribution is -2.44. The first-order valence-electron chi connectivity index (χ1n) is 21.7. The zero-order valence-corrected chi connectivity index (χ0v) is 35.0. The number of hydrogen-bond acceptors (Lipinski definition) is 8. The van der Waals surface area contributed by atoms with Gasteiger partial charge in [0.15, 0.2) is 0 Å². The lowest BCUT2D eigenvalue weighted by atomic mass is 9.96. The Balaban J connectivity index is 2.76. The third-order valence-electron chi connectivity index (χ3n) is 10.4. The van der Waals surface area contributed by atoms with E-state index in [9.17, 15) is 14.4 Å². The molecule has 0 aromatic rings. The van der Waals surface area contributed by atoms with Crippen molar-refractivity contribution >= 4 is 29.7 Å². The maximum Gasteiger partial charge on any atom is 0.310 e. The number of nitrogens with zero attached hydrogens (tertiary/aromatic N) is 1. The first kappa shape index (κ1) is 47.7. The van der Waals surface area contributed by atoms with Gasteiger partial charge < -0.3 is 19.1 Å². The fraction of sp³-hybridized carbons (Fsp3) is 0.930. The molecular formula is C43H81NO6S. The molecule has 0 N–H and O–H groups in total. The second-order valence-corrected chi connectivity index (χ2v) is 16.7. The van der Waals surface area contributed by atoms with E-state index in [0.29, 0.717) is 12.8 Å².